The summed E-state index contributed by atoms with van der Waals surface area (Å²) in [6.45, 7) is -7.05. The Morgan fingerprint density at radius 1 is 0.971 bits per heavy atom. The summed E-state index contributed by atoms with van der Waals surface area (Å²) in [4.78, 5) is 0. The molecular formula is C29H33FN2O3. The van der Waals surface area contributed by atoms with Crippen LogP contribution in [0.2, 0.25) is 0 Å². The van der Waals surface area contributed by atoms with Crippen molar-refractivity contribution >= 4 is 16.6 Å². The van der Waals surface area contributed by atoms with E-state index in [2.05, 4.69) is 0 Å². The zero-order valence-corrected chi connectivity index (χ0v) is 19.3. The smallest absolute Gasteiger partial charge is 0.148 e. The van der Waals surface area contributed by atoms with Gasteiger partial charge in [0.1, 0.15) is 5.82 Å². The first-order valence-electron chi connectivity index (χ1n) is 14.3. The zero-order valence-electron chi connectivity index (χ0n) is 25.3. The van der Waals surface area contributed by atoms with Crippen LogP contribution < -0.4 is 5.73 Å². The van der Waals surface area contributed by atoms with Crippen molar-refractivity contribution in [1.29, 1.82) is 0 Å². The number of aliphatic hydroxyl groups is 1. The van der Waals surface area contributed by atoms with Gasteiger partial charge in [0.2, 0.25) is 0 Å². The predicted octanol–water partition coefficient (Wildman–Crippen LogP) is 5.43. The van der Waals surface area contributed by atoms with Gasteiger partial charge in [0.05, 0.1) is 50.3 Å². The molecule has 0 unspecified atom stereocenters. The molecule has 35 heavy (non-hydrogen) atoms. The third kappa shape index (κ3) is 6.28. The summed E-state index contributed by atoms with van der Waals surface area (Å²) in [6.07, 6.45) is -1.18. The van der Waals surface area contributed by atoms with Gasteiger partial charge < -0.3 is 24.9 Å². The molecule has 184 valence electrons. The molecule has 4 aromatic rings. The molecule has 1 heterocycles. The number of fused-ring (bicyclic) bond motifs is 1. The number of benzene rings is 3. The number of ether oxygens (including phenoxy) is 2. The molecule has 0 radical (unpaired) electrons. The molecule has 6 heteroatoms. The van der Waals surface area contributed by atoms with Crippen LogP contribution in [0.3, 0.4) is 0 Å². The first-order valence-corrected chi connectivity index (χ1v) is 11.3. The number of halogens is 1. The van der Waals surface area contributed by atoms with Crippen LogP contribution in [0.15, 0.2) is 78.9 Å². The minimum Gasteiger partial charge on any atom is -0.396 e. The van der Waals surface area contributed by atoms with Gasteiger partial charge >= 0.3 is 0 Å². The zero-order chi connectivity index (χ0) is 29.8. The molecule has 4 rings (SSSR count). The Morgan fingerprint density at radius 2 is 1.60 bits per heavy atom. The third-order valence-electron chi connectivity index (χ3n) is 5.70. The van der Waals surface area contributed by atoms with Crippen LogP contribution in [0.1, 0.15) is 38.7 Å². The maximum Gasteiger partial charge on any atom is 0.148 e. The van der Waals surface area contributed by atoms with Gasteiger partial charge in [-0.2, -0.15) is 0 Å². The number of nitrogens with zero attached hydrogens (tertiary/aromatic N) is 1. The van der Waals surface area contributed by atoms with Gasteiger partial charge in [-0.05, 0) is 23.3 Å². The number of rotatable bonds is 11. The second kappa shape index (κ2) is 11.0. The topological polar surface area (TPSA) is 69.6 Å². The van der Waals surface area contributed by atoms with Crippen LogP contribution in [0.5, 0.6) is 0 Å². The Morgan fingerprint density at radius 3 is 2.23 bits per heavy atom. The fourth-order valence-electron chi connectivity index (χ4n) is 3.97. The molecule has 3 N–H and O–H groups in total. The molecule has 0 aliphatic rings. The number of anilines is 1. The lowest BCUT2D eigenvalue weighted by atomic mass is 9.90. The lowest BCUT2D eigenvalue weighted by Crippen LogP contribution is -2.30. The van der Waals surface area contributed by atoms with E-state index in [-0.39, 0.29) is 43.3 Å². The average Bonchev–Trinajstić information content (AvgIpc) is 3.23. The molecule has 1 atom stereocenters. The number of hydrogen-bond acceptors (Lipinski definition) is 4. The van der Waals surface area contributed by atoms with Crippen LogP contribution in [-0.4, -0.2) is 29.0 Å². The van der Waals surface area contributed by atoms with Crippen LogP contribution in [-0.2, 0) is 34.6 Å². The number of aromatic nitrogens is 1. The molecule has 0 amide bonds. The number of hydrogen-bond donors (Lipinski definition) is 2. The van der Waals surface area contributed by atoms with Gasteiger partial charge in [0.25, 0.3) is 0 Å². The molecule has 0 aliphatic carbocycles. The summed E-state index contributed by atoms with van der Waals surface area (Å²) in [5.74, 6) is -0.757. The van der Waals surface area contributed by atoms with Crippen LogP contribution in [0.4, 0.5) is 10.1 Å². The molecule has 1 aromatic heterocycles. The van der Waals surface area contributed by atoms with E-state index >= 15 is 0 Å². The first kappa shape index (κ1) is 18.1. The minimum atomic E-state index is -3.08. The molecule has 0 bridgehead atoms. The summed E-state index contributed by atoms with van der Waals surface area (Å²) in [5.41, 5.74) is 4.76. The maximum atomic E-state index is 14.6. The lowest BCUT2D eigenvalue weighted by Gasteiger charge is -2.28. The average molecular weight is 483 g/mol. The minimum absolute atomic E-state index is 0.0213. The summed E-state index contributed by atoms with van der Waals surface area (Å²) < 4.78 is 78.1. The number of aliphatic hydroxyl groups excluding tert-OH is 1. The summed E-state index contributed by atoms with van der Waals surface area (Å²) in [5, 5.41) is 11.3. The maximum absolute atomic E-state index is 14.6. The summed E-state index contributed by atoms with van der Waals surface area (Å²) >= 11 is 0. The second-order valence-electron chi connectivity index (χ2n) is 8.61. The highest BCUT2D eigenvalue weighted by molar-refractivity contribution is 5.85. The van der Waals surface area contributed by atoms with Gasteiger partial charge in [-0.1, -0.05) is 74.4 Å². The van der Waals surface area contributed by atoms with Gasteiger partial charge in [-0.15, -0.1) is 0 Å². The molecule has 5 nitrogen and oxygen atoms in total. The van der Waals surface area contributed by atoms with Crippen molar-refractivity contribution in [3.63, 3.8) is 0 Å². The normalized spacial score (nSPS) is 16.1. The Balaban J connectivity index is 1.75. The van der Waals surface area contributed by atoms with Crippen molar-refractivity contribution in [2.24, 2.45) is 0 Å². The first-order chi connectivity index (χ1) is 19.3. The van der Waals surface area contributed by atoms with Gasteiger partial charge in [-0.25, -0.2) is 4.39 Å². The predicted molar refractivity (Wildman–Crippen MR) is 138 cm³/mol. The Labute approximate surface area is 214 Å². The number of nitrogens with two attached hydrogens (primary N) is 1. The SMILES string of the molecule is [2H]C([2H])([2H])C(COCc1ccccc1)(c1cc2cc(N)c(F)cc2n1C[C@@H](O)COCc1ccccc1)C([2H])([2H])[2H]. The molecule has 0 saturated carbocycles. The third-order valence-corrected chi connectivity index (χ3v) is 5.70. The van der Waals surface area contributed by atoms with E-state index in [4.69, 9.17) is 23.4 Å². The highest BCUT2D eigenvalue weighted by atomic mass is 19.1. The highest BCUT2D eigenvalue weighted by Crippen LogP contribution is 2.33. The van der Waals surface area contributed by atoms with E-state index in [1.54, 1.807) is 24.3 Å². The highest BCUT2D eigenvalue weighted by Gasteiger charge is 2.28. The standard InChI is InChI=1S/C29H33FN2O3/c1-29(2,20-35-18-22-11-7-4-8-12-22)28-14-23-13-26(31)25(30)15-27(23)32(28)16-24(33)19-34-17-21-9-5-3-6-10-21/h3-15,24,33H,16-20,31H2,1-2H3/t24-/m1/s1/i1D3,2D3. The summed E-state index contributed by atoms with van der Waals surface area (Å²) in [7, 11) is 0. The van der Waals surface area contributed by atoms with Crippen molar-refractivity contribution in [3.05, 3.63) is 102 Å². The Bertz CT molecular complexity index is 1430. The van der Waals surface area contributed by atoms with Crippen molar-refractivity contribution in [3.8, 4) is 0 Å². The largest absolute Gasteiger partial charge is 0.396 e. The lowest BCUT2D eigenvalue weighted by molar-refractivity contribution is 0.0195. The van der Waals surface area contributed by atoms with E-state index in [0.29, 0.717) is 5.39 Å². The monoisotopic (exact) mass is 482 g/mol. The van der Waals surface area contributed by atoms with E-state index in [0.717, 1.165) is 17.2 Å². The van der Waals surface area contributed by atoms with Gasteiger partial charge in [0.15, 0.2) is 0 Å². The molecule has 0 spiro atoms. The fourth-order valence-corrected chi connectivity index (χ4v) is 3.97. The van der Waals surface area contributed by atoms with E-state index in [1.165, 1.54) is 16.7 Å². The Hall–Kier alpha value is -3.19. The quantitative estimate of drug-likeness (QED) is 0.280. The number of nitrogen functional groups attached to an aromatic ring is 1. The van der Waals surface area contributed by atoms with Crippen LogP contribution in [0, 0.1) is 5.82 Å². The van der Waals surface area contributed by atoms with Crippen molar-refractivity contribution < 1.29 is 27.2 Å². The van der Waals surface area contributed by atoms with Gasteiger partial charge in [0, 0.05) is 30.8 Å². The van der Waals surface area contributed by atoms with Gasteiger partial charge in [-0.3, -0.25) is 0 Å². The van der Waals surface area contributed by atoms with Crippen molar-refractivity contribution in [2.75, 3.05) is 18.9 Å². The van der Waals surface area contributed by atoms with Crippen LogP contribution >= 0.6 is 0 Å². The fraction of sp³-hybridized carbons (Fsp3) is 0.310. The van der Waals surface area contributed by atoms with Crippen LogP contribution in [0.25, 0.3) is 10.9 Å². The second-order valence-corrected chi connectivity index (χ2v) is 8.61. The summed E-state index contributed by atoms with van der Waals surface area (Å²) in [6, 6.07) is 22.1. The molecule has 3 aromatic carbocycles. The van der Waals surface area contributed by atoms with Crippen molar-refractivity contribution in [2.45, 2.75) is 45.0 Å². The molecule has 0 aliphatic heterocycles. The molecule has 0 saturated heterocycles. The molecular weight excluding hydrogens is 443 g/mol. The molecule has 0 fully saturated rings. The Kier molecular flexibility index (Phi) is 5.72. The van der Waals surface area contributed by atoms with Crippen molar-refractivity contribution in [1.82, 2.24) is 4.57 Å². The van der Waals surface area contributed by atoms with E-state index in [9.17, 15) is 9.50 Å². The van der Waals surface area contributed by atoms with E-state index < -0.39 is 37.6 Å². The van der Waals surface area contributed by atoms with E-state index in [1.807, 2.05) is 36.4 Å².